The number of carbonyl (C=O) groups is 1. The highest BCUT2D eigenvalue weighted by Crippen LogP contribution is 2.39. The second-order valence-electron chi connectivity index (χ2n) is 9.40. The van der Waals surface area contributed by atoms with E-state index < -0.39 is 11.8 Å². The van der Waals surface area contributed by atoms with Crippen LogP contribution in [0.5, 0.6) is 5.75 Å². The largest absolute Gasteiger partial charge is 0.505 e. The van der Waals surface area contributed by atoms with Crippen LogP contribution in [-0.2, 0) is 27.2 Å². The first-order valence-corrected chi connectivity index (χ1v) is 12.4. The molecule has 2 N–H and O–H groups in total. The van der Waals surface area contributed by atoms with Gasteiger partial charge in [-0.2, -0.15) is 5.10 Å². The lowest BCUT2D eigenvalue weighted by atomic mass is 9.82. The Bertz CT molecular complexity index is 1160. The number of aromatic nitrogens is 2. The van der Waals surface area contributed by atoms with Crippen molar-refractivity contribution in [1.29, 1.82) is 0 Å². The van der Waals surface area contributed by atoms with Gasteiger partial charge in [0, 0.05) is 42.5 Å². The first-order valence-electron chi connectivity index (χ1n) is 12.4. The molecule has 0 aliphatic heterocycles. The summed E-state index contributed by atoms with van der Waals surface area (Å²) in [5, 5.41) is 23.9. The van der Waals surface area contributed by atoms with Crippen LogP contribution in [0.4, 0.5) is 4.39 Å². The molecule has 4 rings (SSSR count). The second-order valence-corrected chi connectivity index (χ2v) is 9.40. The lowest BCUT2D eigenvalue weighted by molar-refractivity contribution is -0.142. The molecule has 0 saturated heterocycles. The third kappa shape index (κ3) is 6.12. The van der Waals surface area contributed by atoms with Crippen LogP contribution in [-0.4, -0.2) is 52.9 Å². The predicted octanol–water partition coefficient (Wildman–Crippen LogP) is 5.16. The number of ether oxygens (including phenoxy) is 2. The number of carboxylic acids is 1. The fraction of sp³-hybridized carbons (Fsp3) is 0.429. The maximum Gasteiger partial charge on any atom is 0.329 e. The molecule has 0 amide bonds. The molecule has 1 aromatic heterocycles. The smallest absolute Gasteiger partial charge is 0.329 e. The molecular weight excluding hydrogens is 463 g/mol. The Labute approximate surface area is 210 Å². The molecule has 0 bridgehead atoms. The number of hydrogen-bond acceptors (Lipinski definition) is 5. The second kappa shape index (κ2) is 12.1. The molecule has 0 spiro atoms. The Kier molecular flexibility index (Phi) is 8.72. The molecule has 1 aliphatic carbocycles. The predicted molar refractivity (Wildman–Crippen MR) is 134 cm³/mol. The summed E-state index contributed by atoms with van der Waals surface area (Å²) in [5.74, 6) is -1.23. The summed E-state index contributed by atoms with van der Waals surface area (Å²) in [6, 6.07) is 14.4. The summed E-state index contributed by atoms with van der Waals surface area (Å²) in [6.07, 6.45) is 4.47. The number of halogens is 1. The SMILES string of the molecule is COCCc1c(-c2cccc(O)c2F)c(-c2ccccc2)nn1C[C@H]1CC[C@H](COCC(=O)O)CC1. The van der Waals surface area contributed by atoms with Gasteiger partial charge in [0.05, 0.1) is 13.2 Å². The number of methoxy groups -OCH3 is 1. The number of phenols is 1. The summed E-state index contributed by atoms with van der Waals surface area (Å²) in [6.45, 7) is 1.37. The third-order valence-electron chi connectivity index (χ3n) is 6.87. The Morgan fingerprint density at radius 3 is 2.50 bits per heavy atom. The molecule has 1 saturated carbocycles. The van der Waals surface area contributed by atoms with Crippen molar-refractivity contribution in [3.63, 3.8) is 0 Å². The van der Waals surface area contributed by atoms with Crippen LogP contribution in [0, 0.1) is 17.7 Å². The molecule has 0 unspecified atom stereocenters. The van der Waals surface area contributed by atoms with Crippen LogP contribution in [0.1, 0.15) is 31.4 Å². The van der Waals surface area contributed by atoms with E-state index >= 15 is 4.39 Å². The Morgan fingerprint density at radius 1 is 1.08 bits per heavy atom. The van der Waals surface area contributed by atoms with E-state index in [1.807, 2.05) is 35.0 Å². The van der Waals surface area contributed by atoms with Gasteiger partial charge in [0.2, 0.25) is 0 Å². The van der Waals surface area contributed by atoms with E-state index in [0.29, 0.717) is 54.8 Å². The van der Waals surface area contributed by atoms with Crippen molar-refractivity contribution in [3.8, 4) is 28.1 Å². The molecule has 192 valence electrons. The van der Waals surface area contributed by atoms with E-state index in [4.69, 9.17) is 19.7 Å². The number of aliphatic carboxylic acids is 1. The van der Waals surface area contributed by atoms with Gasteiger partial charge in [-0.1, -0.05) is 42.5 Å². The lowest BCUT2D eigenvalue weighted by Gasteiger charge is -2.28. The van der Waals surface area contributed by atoms with E-state index in [1.165, 1.54) is 6.07 Å². The number of phenolic OH excluding ortho intramolecular Hbond substituents is 1. The summed E-state index contributed by atoms with van der Waals surface area (Å²) in [7, 11) is 1.64. The monoisotopic (exact) mass is 496 g/mol. The standard InChI is InChI=1S/C28H33FN2O5/c1-35-15-14-23-26(22-8-5-9-24(32)27(22)29)28(21-6-3-2-4-7-21)30-31(23)16-19-10-12-20(13-11-19)17-36-18-25(33)34/h2-9,19-20,32H,10-18H2,1H3,(H,33,34)/t19-,20-. The van der Waals surface area contributed by atoms with Gasteiger partial charge in [-0.15, -0.1) is 0 Å². The van der Waals surface area contributed by atoms with Gasteiger partial charge in [-0.25, -0.2) is 9.18 Å². The number of benzene rings is 2. The highest BCUT2D eigenvalue weighted by atomic mass is 19.1. The minimum absolute atomic E-state index is 0.257. The molecule has 1 aliphatic rings. The van der Waals surface area contributed by atoms with Crippen LogP contribution < -0.4 is 0 Å². The average molecular weight is 497 g/mol. The minimum atomic E-state index is -0.945. The summed E-state index contributed by atoms with van der Waals surface area (Å²) >= 11 is 0. The van der Waals surface area contributed by atoms with Gasteiger partial charge >= 0.3 is 5.97 Å². The van der Waals surface area contributed by atoms with Crippen molar-refractivity contribution < 1.29 is 28.9 Å². The number of carboxylic acid groups (broad SMARTS) is 1. The van der Waals surface area contributed by atoms with E-state index in [9.17, 15) is 9.90 Å². The minimum Gasteiger partial charge on any atom is -0.505 e. The summed E-state index contributed by atoms with van der Waals surface area (Å²) < 4.78 is 27.9. The van der Waals surface area contributed by atoms with Crippen molar-refractivity contribution in [2.24, 2.45) is 11.8 Å². The third-order valence-corrected chi connectivity index (χ3v) is 6.87. The number of aromatic hydroxyl groups is 1. The first kappa shape index (κ1) is 25.9. The molecule has 36 heavy (non-hydrogen) atoms. The molecule has 3 aromatic rings. The Hall–Kier alpha value is -3.23. The summed E-state index contributed by atoms with van der Waals surface area (Å²) in [5.41, 5.74) is 3.45. The zero-order valence-electron chi connectivity index (χ0n) is 20.5. The molecule has 2 aromatic carbocycles. The average Bonchev–Trinajstić information content (AvgIpc) is 3.23. The maximum atomic E-state index is 15.2. The zero-order valence-corrected chi connectivity index (χ0v) is 20.5. The van der Waals surface area contributed by atoms with Gasteiger partial charge in [-0.3, -0.25) is 4.68 Å². The maximum absolute atomic E-state index is 15.2. The molecule has 1 fully saturated rings. The lowest BCUT2D eigenvalue weighted by Crippen LogP contribution is -2.24. The highest BCUT2D eigenvalue weighted by molar-refractivity contribution is 5.83. The molecule has 1 heterocycles. The van der Waals surface area contributed by atoms with Crippen LogP contribution in [0.2, 0.25) is 0 Å². The summed E-state index contributed by atoms with van der Waals surface area (Å²) in [4.78, 5) is 10.7. The number of rotatable bonds is 11. The fourth-order valence-electron chi connectivity index (χ4n) is 5.03. The molecular formula is C28H33FN2O5. The van der Waals surface area contributed by atoms with E-state index in [0.717, 1.165) is 36.9 Å². The number of hydrogen-bond donors (Lipinski definition) is 2. The van der Waals surface area contributed by atoms with Crippen molar-refractivity contribution in [2.75, 3.05) is 26.9 Å². The van der Waals surface area contributed by atoms with Crippen LogP contribution in [0.25, 0.3) is 22.4 Å². The molecule has 8 heteroatoms. The van der Waals surface area contributed by atoms with Gasteiger partial charge in [0.1, 0.15) is 12.3 Å². The van der Waals surface area contributed by atoms with E-state index in [1.54, 1.807) is 19.2 Å². The molecule has 0 radical (unpaired) electrons. The van der Waals surface area contributed by atoms with Crippen LogP contribution >= 0.6 is 0 Å². The topological polar surface area (TPSA) is 93.8 Å². The van der Waals surface area contributed by atoms with Crippen molar-refractivity contribution >= 4 is 5.97 Å². The normalized spacial score (nSPS) is 17.8. The van der Waals surface area contributed by atoms with Gasteiger partial charge in [0.25, 0.3) is 0 Å². The first-order chi connectivity index (χ1) is 17.5. The van der Waals surface area contributed by atoms with Gasteiger partial charge < -0.3 is 19.7 Å². The van der Waals surface area contributed by atoms with Crippen molar-refractivity contribution in [1.82, 2.24) is 9.78 Å². The van der Waals surface area contributed by atoms with Crippen molar-refractivity contribution in [2.45, 2.75) is 38.6 Å². The van der Waals surface area contributed by atoms with Gasteiger partial charge in [-0.05, 0) is 43.6 Å². The van der Waals surface area contributed by atoms with E-state index in [2.05, 4.69) is 0 Å². The van der Waals surface area contributed by atoms with Crippen LogP contribution in [0.15, 0.2) is 48.5 Å². The number of nitrogens with zero attached hydrogens (tertiary/aromatic N) is 2. The Balaban J connectivity index is 1.64. The molecule has 0 atom stereocenters. The zero-order chi connectivity index (χ0) is 25.5. The highest BCUT2D eigenvalue weighted by Gasteiger charge is 2.27. The quantitative estimate of drug-likeness (QED) is 0.381. The van der Waals surface area contributed by atoms with E-state index in [-0.39, 0.29) is 12.4 Å². The fourth-order valence-corrected chi connectivity index (χ4v) is 5.03. The molecule has 7 nitrogen and oxygen atoms in total. The van der Waals surface area contributed by atoms with Crippen LogP contribution in [0.3, 0.4) is 0 Å². The van der Waals surface area contributed by atoms with Crippen molar-refractivity contribution in [3.05, 3.63) is 60.0 Å². The Morgan fingerprint density at radius 2 is 1.81 bits per heavy atom. The van der Waals surface area contributed by atoms with Gasteiger partial charge in [0.15, 0.2) is 11.6 Å².